The molecule has 1 aromatic carbocycles. The molecular formula is C19H23ClN4O2. The predicted octanol–water partition coefficient (Wildman–Crippen LogP) is 1.86. The number of aromatic nitrogens is 2. The van der Waals surface area contributed by atoms with Gasteiger partial charge in [0.05, 0.1) is 18.9 Å². The van der Waals surface area contributed by atoms with Crippen LogP contribution in [-0.4, -0.2) is 54.3 Å². The predicted molar refractivity (Wildman–Crippen MR) is 102 cm³/mol. The van der Waals surface area contributed by atoms with Gasteiger partial charge in [-0.25, -0.2) is 4.98 Å². The molecule has 0 spiro atoms. The summed E-state index contributed by atoms with van der Waals surface area (Å²) < 4.78 is 5.39. The van der Waals surface area contributed by atoms with Crippen LogP contribution in [0.2, 0.25) is 5.02 Å². The number of hydrogen-bond acceptors (Lipinski definition) is 5. The van der Waals surface area contributed by atoms with E-state index in [4.69, 9.17) is 21.3 Å². The second-order valence-electron chi connectivity index (χ2n) is 6.78. The maximum absolute atomic E-state index is 12.6. The zero-order valence-electron chi connectivity index (χ0n) is 14.7. The Morgan fingerprint density at radius 3 is 2.69 bits per heavy atom. The fraction of sp³-hybridized carbons (Fsp3) is 0.474. The number of fused-ring (bicyclic) bond motifs is 1. The summed E-state index contributed by atoms with van der Waals surface area (Å²) in [6.45, 7) is 5.37. The van der Waals surface area contributed by atoms with E-state index < -0.39 is 0 Å². The number of anilines is 1. The Balaban J connectivity index is 1.51. The molecule has 1 fully saturated rings. The van der Waals surface area contributed by atoms with Crippen LogP contribution in [0.4, 0.5) is 5.95 Å². The van der Waals surface area contributed by atoms with Gasteiger partial charge in [-0.1, -0.05) is 29.8 Å². The van der Waals surface area contributed by atoms with E-state index in [0.29, 0.717) is 25.6 Å². The number of morpholine rings is 1. The van der Waals surface area contributed by atoms with Gasteiger partial charge in [-0.15, -0.1) is 0 Å². The van der Waals surface area contributed by atoms with Crippen molar-refractivity contribution in [3.05, 3.63) is 56.5 Å². The second kappa shape index (κ2) is 7.78. The van der Waals surface area contributed by atoms with Crippen molar-refractivity contribution in [3.63, 3.8) is 0 Å². The van der Waals surface area contributed by atoms with Crippen molar-refractivity contribution < 1.29 is 4.74 Å². The lowest BCUT2D eigenvalue weighted by Crippen LogP contribution is -2.38. The van der Waals surface area contributed by atoms with Gasteiger partial charge in [0.2, 0.25) is 5.95 Å². The van der Waals surface area contributed by atoms with Crippen LogP contribution >= 0.6 is 11.6 Å². The molecule has 3 heterocycles. The molecule has 2 aromatic rings. The van der Waals surface area contributed by atoms with Gasteiger partial charge >= 0.3 is 0 Å². The number of rotatable bonds is 3. The Labute approximate surface area is 157 Å². The van der Waals surface area contributed by atoms with E-state index in [0.717, 1.165) is 61.0 Å². The average molecular weight is 375 g/mol. The SMILES string of the molecule is O=c1[nH]c(N2CCOCC2)nc2c1CCN(Cc1ccccc1Cl)CC2. The summed E-state index contributed by atoms with van der Waals surface area (Å²) in [5.41, 5.74) is 2.87. The van der Waals surface area contributed by atoms with Gasteiger partial charge in [0.25, 0.3) is 5.56 Å². The summed E-state index contributed by atoms with van der Waals surface area (Å²) in [5, 5.41) is 0.792. The van der Waals surface area contributed by atoms with Crippen molar-refractivity contribution in [2.24, 2.45) is 0 Å². The third kappa shape index (κ3) is 3.77. The zero-order valence-corrected chi connectivity index (χ0v) is 15.5. The van der Waals surface area contributed by atoms with Crippen molar-refractivity contribution in [1.82, 2.24) is 14.9 Å². The quantitative estimate of drug-likeness (QED) is 0.888. The van der Waals surface area contributed by atoms with Crippen LogP contribution in [0.15, 0.2) is 29.1 Å². The number of benzene rings is 1. The first-order valence-corrected chi connectivity index (χ1v) is 9.49. The van der Waals surface area contributed by atoms with Gasteiger partial charge in [-0.05, 0) is 18.1 Å². The number of ether oxygens (including phenoxy) is 1. The number of H-pyrrole nitrogens is 1. The standard InChI is InChI=1S/C19H23ClN4O2/c20-16-4-2-1-3-14(16)13-23-7-5-15-17(6-8-23)21-19(22-18(15)25)24-9-11-26-12-10-24/h1-4H,5-13H2,(H,21,22,25). The van der Waals surface area contributed by atoms with Crippen molar-refractivity contribution in [1.29, 1.82) is 0 Å². The Bertz CT molecular complexity index is 833. The summed E-state index contributed by atoms with van der Waals surface area (Å²) in [5.74, 6) is 0.677. The lowest BCUT2D eigenvalue weighted by Gasteiger charge is -2.27. The van der Waals surface area contributed by atoms with E-state index in [9.17, 15) is 4.79 Å². The molecular weight excluding hydrogens is 352 g/mol. The van der Waals surface area contributed by atoms with Crippen molar-refractivity contribution in [3.8, 4) is 0 Å². The Hall–Kier alpha value is -1.89. The maximum atomic E-state index is 12.6. The van der Waals surface area contributed by atoms with E-state index in [1.165, 1.54) is 0 Å². The lowest BCUT2D eigenvalue weighted by molar-refractivity contribution is 0.122. The second-order valence-corrected chi connectivity index (χ2v) is 7.19. The largest absolute Gasteiger partial charge is 0.378 e. The number of nitrogens with zero attached hydrogens (tertiary/aromatic N) is 3. The zero-order chi connectivity index (χ0) is 17.9. The first-order valence-electron chi connectivity index (χ1n) is 9.11. The fourth-order valence-electron chi connectivity index (χ4n) is 3.59. The van der Waals surface area contributed by atoms with E-state index in [2.05, 4.69) is 20.9 Å². The minimum atomic E-state index is -0.00362. The van der Waals surface area contributed by atoms with Crippen molar-refractivity contribution in [2.45, 2.75) is 19.4 Å². The molecule has 1 saturated heterocycles. The van der Waals surface area contributed by atoms with Gasteiger partial charge < -0.3 is 9.64 Å². The minimum absolute atomic E-state index is 0.00362. The highest BCUT2D eigenvalue weighted by Crippen LogP contribution is 2.20. The van der Waals surface area contributed by atoms with Gasteiger partial charge in [0.1, 0.15) is 0 Å². The van der Waals surface area contributed by atoms with Gasteiger partial charge in [-0.3, -0.25) is 14.7 Å². The molecule has 0 bridgehead atoms. The van der Waals surface area contributed by atoms with Crippen LogP contribution in [0.25, 0.3) is 0 Å². The maximum Gasteiger partial charge on any atom is 0.255 e. The molecule has 0 saturated carbocycles. The van der Waals surface area contributed by atoms with E-state index in [-0.39, 0.29) is 5.56 Å². The molecule has 4 rings (SSSR count). The molecule has 0 radical (unpaired) electrons. The van der Waals surface area contributed by atoms with Gasteiger partial charge in [-0.2, -0.15) is 0 Å². The Morgan fingerprint density at radius 2 is 1.88 bits per heavy atom. The molecule has 0 unspecified atom stereocenters. The van der Waals surface area contributed by atoms with Crippen molar-refractivity contribution >= 4 is 17.5 Å². The third-order valence-corrected chi connectivity index (χ3v) is 5.46. The molecule has 6 nitrogen and oxygen atoms in total. The first kappa shape index (κ1) is 17.5. The summed E-state index contributed by atoms with van der Waals surface area (Å²) >= 11 is 6.30. The van der Waals surface area contributed by atoms with Gasteiger partial charge in [0, 0.05) is 49.7 Å². The number of hydrogen-bond donors (Lipinski definition) is 1. The fourth-order valence-corrected chi connectivity index (χ4v) is 3.79. The van der Waals surface area contributed by atoms with E-state index in [1.807, 2.05) is 18.2 Å². The average Bonchev–Trinajstić information content (AvgIpc) is 2.87. The van der Waals surface area contributed by atoms with Crippen molar-refractivity contribution in [2.75, 3.05) is 44.3 Å². The smallest absolute Gasteiger partial charge is 0.255 e. The van der Waals surface area contributed by atoms with Crippen LogP contribution < -0.4 is 10.5 Å². The van der Waals surface area contributed by atoms with Crippen LogP contribution in [0.5, 0.6) is 0 Å². The molecule has 2 aliphatic rings. The molecule has 138 valence electrons. The minimum Gasteiger partial charge on any atom is -0.378 e. The highest BCUT2D eigenvalue weighted by molar-refractivity contribution is 6.31. The molecule has 0 amide bonds. The Kier molecular flexibility index (Phi) is 5.24. The molecule has 0 atom stereocenters. The monoisotopic (exact) mass is 374 g/mol. The third-order valence-electron chi connectivity index (χ3n) is 5.09. The van der Waals surface area contributed by atoms with Crippen LogP contribution in [0.3, 0.4) is 0 Å². The van der Waals surface area contributed by atoms with Crippen LogP contribution in [0, 0.1) is 0 Å². The molecule has 1 N–H and O–H groups in total. The van der Waals surface area contributed by atoms with Crippen LogP contribution in [-0.2, 0) is 24.1 Å². The van der Waals surface area contributed by atoms with E-state index >= 15 is 0 Å². The molecule has 26 heavy (non-hydrogen) atoms. The van der Waals surface area contributed by atoms with Gasteiger partial charge in [0.15, 0.2) is 0 Å². The van der Waals surface area contributed by atoms with Crippen LogP contribution in [0.1, 0.15) is 16.8 Å². The molecule has 7 heteroatoms. The first-order chi connectivity index (χ1) is 12.7. The molecule has 1 aromatic heterocycles. The summed E-state index contributed by atoms with van der Waals surface area (Å²) in [7, 11) is 0. The number of aromatic amines is 1. The topological polar surface area (TPSA) is 61.5 Å². The lowest BCUT2D eigenvalue weighted by atomic mass is 10.1. The summed E-state index contributed by atoms with van der Waals surface area (Å²) in [4.78, 5) is 24.8. The Morgan fingerprint density at radius 1 is 1.12 bits per heavy atom. The number of halogens is 1. The number of nitrogens with one attached hydrogen (secondary N) is 1. The highest BCUT2D eigenvalue weighted by atomic mass is 35.5. The summed E-state index contributed by atoms with van der Waals surface area (Å²) in [6.07, 6.45) is 1.49. The summed E-state index contributed by atoms with van der Waals surface area (Å²) in [6, 6.07) is 7.93. The van der Waals surface area contributed by atoms with E-state index in [1.54, 1.807) is 0 Å². The normalized spacial score (nSPS) is 18.4. The highest BCUT2D eigenvalue weighted by Gasteiger charge is 2.21. The molecule has 2 aliphatic heterocycles. The molecule has 0 aliphatic carbocycles.